The van der Waals surface area contributed by atoms with Crippen molar-refractivity contribution in [1.82, 2.24) is 14.3 Å². The number of nitrogens with one attached hydrogen (secondary N) is 1. The van der Waals surface area contributed by atoms with Gasteiger partial charge in [0, 0.05) is 24.2 Å². The fraction of sp³-hybridized carbons (Fsp3) is 0.385. The van der Waals surface area contributed by atoms with E-state index in [1.54, 1.807) is 6.20 Å². The third-order valence-electron chi connectivity index (χ3n) is 3.03. The highest BCUT2D eigenvalue weighted by atomic mass is 32.1. The smallest absolute Gasteiger partial charge is 0.230 e. The Labute approximate surface area is 120 Å². The Kier molecular flexibility index (Phi) is 3.60. The molecule has 20 heavy (non-hydrogen) atoms. The highest BCUT2D eigenvalue weighted by Crippen LogP contribution is 2.32. The normalized spacial score (nSPS) is 14.2. The molecule has 2 aromatic rings. The molecule has 1 amide bonds. The van der Waals surface area contributed by atoms with Crippen molar-refractivity contribution in [3.8, 4) is 5.75 Å². The maximum Gasteiger partial charge on any atom is 0.230 e. The van der Waals surface area contributed by atoms with E-state index in [4.69, 9.17) is 0 Å². The van der Waals surface area contributed by atoms with Crippen LogP contribution in [-0.2, 0) is 17.6 Å². The van der Waals surface area contributed by atoms with Crippen molar-refractivity contribution in [3.05, 3.63) is 29.8 Å². The Balaban J connectivity index is 1.56. The zero-order chi connectivity index (χ0) is 13.9. The van der Waals surface area contributed by atoms with Gasteiger partial charge in [-0.05, 0) is 30.4 Å². The lowest BCUT2D eigenvalue weighted by atomic mass is 10.2. The number of nitrogens with zero attached hydrogens (tertiary/aromatic N) is 3. The Bertz CT molecular complexity index is 624. The third kappa shape index (κ3) is 3.51. The summed E-state index contributed by atoms with van der Waals surface area (Å²) in [5, 5.41) is 12.5. The molecule has 0 spiro atoms. The molecule has 1 aliphatic rings. The third-order valence-corrected chi connectivity index (χ3v) is 3.70. The number of hydrogen-bond acceptors (Lipinski definition) is 6. The lowest BCUT2D eigenvalue weighted by Crippen LogP contribution is -2.14. The summed E-state index contributed by atoms with van der Waals surface area (Å²) in [4.78, 5) is 20.0. The van der Waals surface area contributed by atoms with Crippen molar-refractivity contribution in [2.75, 3.05) is 5.32 Å². The van der Waals surface area contributed by atoms with E-state index in [9.17, 15) is 9.90 Å². The van der Waals surface area contributed by atoms with Gasteiger partial charge in [0.15, 0.2) is 0 Å². The van der Waals surface area contributed by atoms with Crippen molar-refractivity contribution in [2.24, 2.45) is 5.92 Å². The molecule has 0 aliphatic heterocycles. The summed E-state index contributed by atoms with van der Waals surface area (Å²) in [7, 11) is 0. The lowest BCUT2D eigenvalue weighted by molar-refractivity contribution is -0.115. The molecule has 1 aliphatic carbocycles. The fourth-order valence-corrected chi connectivity index (χ4v) is 2.50. The van der Waals surface area contributed by atoms with Crippen LogP contribution in [0.4, 0.5) is 5.13 Å². The zero-order valence-corrected chi connectivity index (χ0v) is 11.6. The molecule has 0 unspecified atom stereocenters. The van der Waals surface area contributed by atoms with Crippen LogP contribution in [0.25, 0.3) is 0 Å². The van der Waals surface area contributed by atoms with Gasteiger partial charge in [-0.1, -0.05) is 0 Å². The monoisotopic (exact) mass is 290 g/mol. The largest absolute Gasteiger partial charge is 0.506 e. The Hall–Kier alpha value is -2.02. The van der Waals surface area contributed by atoms with E-state index in [0.29, 0.717) is 10.7 Å². The van der Waals surface area contributed by atoms with Crippen molar-refractivity contribution in [1.29, 1.82) is 0 Å². The number of amides is 1. The quantitative estimate of drug-likeness (QED) is 0.876. The van der Waals surface area contributed by atoms with Crippen molar-refractivity contribution < 1.29 is 9.90 Å². The van der Waals surface area contributed by atoms with E-state index in [-0.39, 0.29) is 18.1 Å². The molecule has 3 rings (SSSR count). The number of pyridine rings is 1. The SMILES string of the molecule is O=C(Cc1cncc(O)c1)Nc1nc(CC2CC2)ns1. The molecule has 2 aromatic heterocycles. The molecule has 1 saturated carbocycles. The highest BCUT2D eigenvalue weighted by Gasteiger charge is 2.23. The molecule has 2 N–H and O–H groups in total. The highest BCUT2D eigenvalue weighted by molar-refractivity contribution is 7.09. The summed E-state index contributed by atoms with van der Waals surface area (Å²) in [6.45, 7) is 0. The van der Waals surface area contributed by atoms with E-state index in [2.05, 4.69) is 19.7 Å². The number of hydrogen-bond donors (Lipinski definition) is 2. The van der Waals surface area contributed by atoms with Gasteiger partial charge in [-0.2, -0.15) is 4.37 Å². The van der Waals surface area contributed by atoms with Crippen LogP contribution in [-0.4, -0.2) is 25.4 Å². The predicted molar refractivity (Wildman–Crippen MR) is 74.6 cm³/mol. The molecule has 1 fully saturated rings. The second-order valence-electron chi connectivity index (χ2n) is 4.94. The van der Waals surface area contributed by atoms with Crippen LogP contribution in [0.1, 0.15) is 24.2 Å². The van der Waals surface area contributed by atoms with Gasteiger partial charge in [-0.3, -0.25) is 9.78 Å². The average Bonchev–Trinajstić information content (AvgIpc) is 3.09. The van der Waals surface area contributed by atoms with E-state index < -0.39 is 0 Å². The molecular formula is C13H14N4O2S. The van der Waals surface area contributed by atoms with Crippen LogP contribution in [0.5, 0.6) is 5.75 Å². The summed E-state index contributed by atoms with van der Waals surface area (Å²) in [6, 6.07) is 1.52. The van der Waals surface area contributed by atoms with Crippen LogP contribution < -0.4 is 5.32 Å². The summed E-state index contributed by atoms with van der Waals surface area (Å²) >= 11 is 1.20. The maximum absolute atomic E-state index is 11.9. The Morgan fingerprint density at radius 3 is 3.05 bits per heavy atom. The van der Waals surface area contributed by atoms with Gasteiger partial charge in [-0.25, -0.2) is 4.98 Å². The number of aromatic hydroxyl groups is 1. The van der Waals surface area contributed by atoms with E-state index in [1.807, 2.05) is 0 Å². The first-order chi connectivity index (χ1) is 9.69. The van der Waals surface area contributed by atoms with Crippen molar-refractivity contribution in [3.63, 3.8) is 0 Å². The van der Waals surface area contributed by atoms with E-state index in [1.165, 1.54) is 36.6 Å². The summed E-state index contributed by atoms with van der Waals surface area (Å²) < 4.78 is 4.23. The fourth-order valence-electron chi connectivity index (χ4n) is 1.89. The zero-order valence-electron chi connectivity index (χ0n) is 10.7. The van der Waals surface area contributed by atoms with E-state index >= 15 is 0 Å². The molecule has 0 atom stereocenters. The summed E-state index contributed by atoms with van der Waals surface area (Å²) in [5.41, 5.74) is 0.658. The molecule has 104 valence electrons. The molecular weight excluding hydrogens is 276 g/mol. The second kappa shape index (κ2) is 5.54. The predicted octanol–water partition coefficient (Wildman–Crippen LogP) is 1.77. The van der Waals surface area contributed by atoms with Crippen LogP contribution in [0.3, 0.4) is 0 Å². The van der Waals surface area contributed by atoms with Gasteiger partial charge in [0.1, 0.15) is 11.6 Å². The number of carbonyl (C=O) groups is 1. The minimum Gasteiger partial charge on any atom is -0.506 e. The Morgan fingerprint density at radius 2 is 2.30 bits per heavy atom. The molecule has 2 heterocycles. The van der Waals surface area contributed by atoms with Crippen molar-refractivity contribution >= 4 is 22.6 Å². The number of rotatable bonds is 5. The van der Waals surface area contributed by atoms with Crippen LogP contribution >= 0.6 is 11.5 Å². The molecule has 0 aromatic carbocycles. The maximum atomic E-state index is 11.9. The van der Waals surface area contributed by atoms with Gasteiger partial charge in [-0.15, -0.1) is 0 Å². The topological polar surface area (TPSA) is 88.0 Å². The first kappa shape index (κ1) is 13.0. The molecule has 0 saturated heterocycles. The van der Waals surface area contributed by atoms with Crippen LogP contribution in [0.15, 0.2) is 18.5 Å². The minimum absolute atomic E-state index is 0.0536. The first-order valence-electron chi connectivity index (χ1n) is 6.44. The molecule has 6 nitrogen and oxygen atoms in total. The van der Waals surface area contributed by atoms with Crippen molar-refractivity contribution in [2.45, 2.75) is 25.7 Å². The number of anilines is 1. The standard InChI is InChI=1S/C13H14N4O2S/c18-10-3-9(6-14-7-10)5-12(19)16-13-15-11(17-20-13)4-8-1-2-8/h3,6-8,18H,1-2,4-5H2,(H,15,16,17,19). The van der Waals surface area contributed by atoms with Gasteiger partial charge < -0.3 is 10.4 Å². The Morgan fingerprint density at radius 1 is 1.45 bits per heavy atom. The van der Waals surface area contributed by atoms with Crippen LogP contribution in [0.2, 0.25) is 0 Å². The van der Waals surface area contributed by atoms with Gasteiger partial charge in [0.25, 0.3) is 0 Å². The minimum atomic E-state index is -0.188. The lowest BCUT2D eigenvalue weighted by Gasteiger charge is -2.01. The molecule has 0 radical (unpaired) electrons. The van der Waals surface area contributed by atoms with Gasteiger partial charge in [0.2, 0.25) is 11.0 Å². The number of aromatic nitrogens is 3. The average molecular weight is 290 g/mol. The first-order valence-corrected chi connectivity index (χ1v) is 7.22. The van der Waals surface area contributed by atoms with E-state index in [0.717, 1.165) is 18.2 Å². The molecule has 0 bridgehead atoms. The van der Waals surface area contributed by atoms with Gasteiger partial charge >= 0.3 is 0 Å². The second-order valence-corrected chi connectivity index (χ2v) is 5.69. The van der Waals surface area contributed by atoms with Crippen LogP contribution in [0, 0.1) is 5.92 Å². The van der Waals surface area contributed by atoms with Gasteiger partial charge in [0.05, 0.1) is 12.6 Å². The summed E-state index contributed by atoms with van der Waals surface area (Å²) in [5.74, 6) is 1.41. The molecule has 7 heteroatoms. The summed E-state index contributed by atoms with van der Waals surface area (Å²) in [6.07, 6.45) is 6.45. The number of carbonyl (C=O) groups excluding carboxylic acids is 1.